The molecule has 1 aliphatic heterocycles. The minimum absolute atomic E-state index is 0.0302. The van der Waals surface area contributed by atoms with Gasteiger partial charge < -0.3 is 25.0 Å². The number of nitrogens with zero attached hydrogens (tertiary/aromatic N) is 2. The van der Waals surface area contributed by atoms with Gasteiger partial charge >= 0.3 is 13.2 Å². The van der Waals surface area contributed by atoms with Gasteiger partial charge in [0.05, 0.1) is 12.0 Å². The molecule has 0 spiro atoms. The van der Waals surface area contributed by atoms with Crippen LogP contribution in [0.25, 0.3) is 0 Å². The molecule has 2 atom stereocenters. The molecular formula is C22H30BN3O5. The smallest absolute Gasteiger partial charge is 0.447 e. The van der Waals surface area contributed by atoms with Crippen molar-refractivity contribution in [3.05, 3.63) is 47.5 Å². The van der Waals surface area contributed by atoms with Gasteiger partial charge in [0, 0.05) is 6.54 Å². The van der Waals surface area contributed by atoms with Crippen molar-refractivity contribution >= 4 is 19.1 Å². The average Bonchev–Trinajstić information content (AvgIpc) is 2.75. The molecule has 1 aliphatic rings. The largest absolute Gasteiger partial charge is 0.475 e. The number of hydrogen-bond donors (Lipinski definition) is 3. The predicted molar refractivity (Wildman–Crippen MR) is 116 cm³/mol. The molecule has 1 aromatic rings. The van der Waals surface area contributed by atoms with Crippen molar-refractivity contribution in [3.8, 4) is 6.07 Å². The third kappa shape index (κ3) is 7.74. The van der Waals surface area contributed by atoms with Crippen LogP contribution in [0.2, 0.25) is 0 Å². The number of nitriles is 1. The normalized spacial score (nSPS) is 17.6. The van der Waals surface area contributed by atoms with Crippen LogP contribution in [0.3, 0.4) is 0 Å². The molecule has 0 aliphatic carbocycles. The Labute approximate surface area is 183 Å². The van der Waals surface area contributed by atoms with E-state index in [1.165, 1.54) is 0 Å². The van der Waals surface area contributed by atoms with Crippen LogP contribution in [0, 0.1) is 17.2 Å². The van der Waals surface area contributed by atoms with Crippen LogP contribution < -0.4 is 5.32 Å². The van der Waals surface area contributed by atoms with E-state index in [0.717, 1.165) is 18.4 Å². The molecule has 8 nitrogen and oxygen atoms in total. The maximum Gasteiger partial charge on any atom is 0.475 e. The summed E-state index contributed by atoms with van der Waals surface area (Å²) in [7, 11) is -1.75. The van der Waals surface area contributed by atoms with Crippen LogP contribution in [-0.2, 0) is 16.0 Å². The summed E-state index contributed by atoms with van der Waals surface area (Å²) < 4.78 is 5.31. The van der Waals surface area contributed by atoms with Gasteiger partial charge in [-0.3, -0.25) is 4.79 Å². The Kier molecular flexibility index (Phi) is 9.57. The van der Waals surface area contributed by atoms with Crippen molar-refractivity contribution < 1.29 is 24.4 Å². The van der Waals surface area contributed by atoms with Gasteiger partial charge in [0.1, 0.15) is 18.2 Å². The Morgan fingerprint density at radius 3 is 2.65 bits per heavy atom. The number of ether oxygens (including phenoxy) is 1. The second-order valence-corrected chi connectivity index (χ2v) is 8.04. The zero-order chi connectivity index (χ0) is 22.8. The van der Waals surface area contributed by atoms with E-state index in [9.17, 15) is 24.9 Å². The lowest BCUT2D eigenvalue weighted by molar-refractivity contribution is -0.131. The third-order valence-electron chi connectivity index (χ3n) is 5.11. The van der Waals surface area contributed by atoms with E-state index >= 15 is 0 Å². The molecule has 1 fully saturated rings. The second kappa shape index (κ2) is 12.1. The number of amides is 2. The number of carbonyl (C=O) groups excluding carboxylic acids is 2. The monoisotopic (exact) mass is 427 g/mol. The molecule has 0 radical (unpaired) electrons. The summed E-state index contributed by atoms with van der Waals surface area (Å²) in [5.41, 5.74) is 0.934. The fourth-order valence-electron chi connectivity index (χ4n) is 3.55. The lowest BCUT2D eigenvalue weighted by Crippen LogP contribution is -2.50. The highest BCUT2D eigenvalue weighted by molar-refractivity contribution is 6.43. The first-order valence-corrected chi connectivity index (χ1v) is 10.6. The lowest BCUT2D eigenvalue weighted by Gasteiger charge is -2.35. The van der Waals surface area contributed by atoms with E-state index in [1.54, 1.807) is 11.0 Å². The van der Waals surface area contributed by atoms with Crippen molar-refractivity contribution in [2.45, 2.75) is 51.5 Å². The van der Waals surface area contributed by atoms with Crippen LogP contribution in [0.5, 0.6) is 0 Å². The fourth-order valence-corrected chi connectivity index (χ4v) is 3.55. The molecule has 166 valence electrons. The van der Waals surface area contributed by atoms with E-state index in [1.807, 2.05) is 50.2 Å². The van der Waals surface area contributed by atoms with Gasteiger partial charge in [-0.15, -0.1) is 0 Å². The number of alkyl carbamates (subject to hydrolysis) is 1. The van der Waals surface area contributed by atoms with Gasteiger partial charge in [-0.05, 0) is 37.2 Å². The number of piperidine rings is 1. The van der Waals surface area contributed by atoms with Gasteiger partial charge in [0.25, 0.3) is 5.91 Å². The van der Waals surface area contributed by atoms with Crippen LogP contribution in [0.4, 0.5) is 4.79 Å². The molecule has 2 amide bonds. The van der Waals surface area contributed by atoms with Crippen molar-refractivity contribution in [3.63, 3.8) is 0 Å². The summed E-state index contributed by atoms with van der Waals surface area (Å²) >= 11 is 0. The van der Waals surface area contributed by atoms with Gasteiger partial charge in [-0.2, -0.15) is 5.26 Å². The summed E-state index contributed by atoms with van der Waals surface area (Å²) in [6.07, 6.45) is 3.46. The molecule has 0 bridgehead atoms. The number of likely N-dealkylation sites (tertiary alicyclic amines) is 1. The summed E-state index contributed by atoms with van der Waals surface area (Å²) in [5, 5.41) is 31.0. The second-order valence-electron chi connectivity index (χ2n) is 8.04. The Morgan fingerprint density at radius 1 is 1.32 bits per heavy atom. The van der Waals surface area contributed by atoms with Gasteiger partial charge in [-0.1, -0.05) is 50.3 Å². The Hall–Kier alpha value is -2.83. The van der Waals surface area contributed by atoms with Crippen LogP contribution in [-0.4, -0.2) is 59.2 Å². The van der Waals surface area contributed by atoms with E-state index in [4.69, 9.17) is 4.74 Å². The molecule has 31 heavy (non-hydrogen) atoms. The average molecular weight is 427 g/mol. The van der Waals surface area contributed by atoms with Gasteiger partial charge in [0.2, 0.25) is 0 Å². The van der Waals surface area contributed by atoms with Crippen LogP contribution in [0.1, 0.15) is 38.7 Å². The summed E-state index contributed by atoms with van der Waals surface area (Å²) in [6, 6.07) is 10.8. The summed E-state index contributed by atoms with van der Waals surface area (Å²) in [5.74, 6) is -1.22. The molecule has 0 saturated carbocycles. The molecule has 3 N–H and O–H groups in total. The number of allylic oxidation sites excluding steroid dienone is 1. The van der Waals surface area contributed by atoms with Gasteiger partial charge in [-0.25, -0.2) is 4.79 Å². The van der Waals surface area contributed by atoms with E-state index in [0.29, 0.717) is 13.0 Å². The number of benzene rings is 1. The number of rotatable bonds is 8. The van der Waals surface area contributed by atoms with Crippen molar-refractivity contribution in [1.29, 1.82) is 5.26 Å². The van der Waals surface area contributed by atoms with Crippen LogP contribution in [0.15, 0.2) is 42.0 Å². The Bertz CT molecular complexity index is 807. The minimum atomic E-state index is -1.75. The fraction of sp³-hybridized carbons (Fsp3) is 0.500. The molecular weight excluding hydrogens is 397 g/mol. The minimum Gasteiger partial charge on any atom is -0.447 e. The molecule has 9 heteroatoms. The predicted octanol–water partition coefficient (Wildman–Crippen LogP) is 1.82. The van der Waals surface area contributed by atoms with Crippen molar-refractivity contribution in [2.75, 3.05) is 13.2 Å². The highest BCUT2D eigenvalue weighted by Crippen LogP contribution is 2.20. The molecule has 0 unspecified atom stereocenters. The van der Waals surface area contributed by atoms with E-state index in [-0.39, 0.29) is 36.5 Å². The maximum atomic E-state index is 12.8. The van der Waals surface area contributed by atoms with Crippen molar-refractivity contribution in [1.82, 2.24) is 10.2 Å². The number of carbonyl (C=O) groups is 2. The zero-order valence-corrected chi connectivity index (χ0v) is 18.0. The van der Waals surface area contributed by atoms with Crippen LogP contribution >= 0.6 is 0 Å². The highest BCUT2D eigenvalue weighted by atomic mass is 16.5. The summed E-state index contributed by atoms with van der Waals surface area (Å²) in [6.45, 7) is 4.26. The quantitative estimate of drug-likeness (QED) is 0.331. The standard InChI is InChI=1S/C22H30BN3O5/c1-16(2)12-18(14-24)21(27)26-11-7-6-10-19(26)15-31-22(28)25-20(23(29)30)13-17-8-4-3-5-9-17/h3-5,8-9,12,16,19-20,29-30H,6-7,10-11,13,15H2,1-2H3,(H,25,28)/b18-12+/t19-,20-/m0/s1. The van der Waals surface area contributed by atoms with E-state index in [2.05, 4.69) is 5.32 Å². The topological polar surface area (TPSA) is 123 Å². The molecule has 2 rings (SSSR count). The Balaban J connectivity index is 1.96. The first kappa shape index (κ1) is 24.4. The zero-order valence-electron chi connectivity index (χ0n) is 18.0. The lowest BCUT2D eigenvalue weighted by atomic mass is 9.76. The van der Waals surface area contributed by atoms with Crippen molar-refractivity contribution in [2.24, 2.45) is 5.92 Å². The SMILES string of the molecule is CC(C)/C=C(\C#N)C(=O)N1CCCC[C@H]1COC(=O)N[C@@H](Cc1ccccc1)B(O)O. The molecule has 1 aromatic carbocycles. The van der Waals surface area contributed by atoms with Gasteiger partial charge in [0.15, 0.2) is 0 Å². The first-order valence-electron chi connectivity index (χ1n) is 10.6. The number of nitrogens with one attached hydrogen (secondary N) is 1. The summed E-state index contributed by atoms with van der Waals surface area (Å²) in [4.78, 5) is 26.7. The highest BCUT2D eigenvalue weighted by Gasteiger charge is 2.31. The molecule has 1 heterocycles. The third-order valence-corrected chi connectivity index (χ3v) is 5.11. The molecule has 0 aromatic heterocycles. The first-order chi connectivity index (χ1) is 14.8. The Morgan fingerprint density at radius 2 is 2.03 bits per heavy atom. The molecule has 1 saturated heterocycles. The number of hydrogen-bond acceptors (Lipinski definition) is 6. The van der Waals surface area contributed by atoms with E-state index < -0.39 is 19.2 Å². The maximum absolute atomic E-state index is 12.8.